The Morgan fingerprint density at radius 2 is 1.97 bits per heavy atom. The molecule has 1 aromatic heterocycles. The summed E-state index contributed by atoms with van der Waals surface area (Å²) in [6, 6.07) is 10.2. The summed E-state index contributed by atoms with van der Waals surface area (Å²) < 4.78 is 29.9. The van der Waals surface area contributed by atoms with Crippen molar-refractivity contribution in [2.75, 3.05) is 12.9 Å². The number of esters is 1. The monoisotopic (exact) mass is 419 g/mol. The maximum absolute atomic E-state index is 12.2. The predicted molar refractivity (Wildman–Crippen MR) is 104 cm³/mol. The molecule has 0 atom stereocenters. The standard InChI is InChI=1S/C18H17N3O7S/c1-29(26,27)16-8-7-12(11-15(16)21(24)25)17(22)28-10-4-9-20-14-6-3-2-5-13(14)19-18(20)23/h2-3,5-8,11H,4,9-10H2,1H3,(H,19,23). The molecule has 0 fully saturated rings. The first-order valence-corrected chi connectivity index (χ1v) is 10.4. The van der Waals surface area contributed by atoms with E-state index >= 15 is 0 Å². The molecule has 3 aromatic rings. The van der Waals surface area contributed by atoms with Crippen LogP contribution in [-0.2, 0) is 21.1 Å². The third-order valence-electron chi connectivity index (χ3n) is 4.23. The molecule has 11 heteroatoms. The highest BCUT2D eigenvalue weighted by molar-refractivity contribution is 7.90. The van der Waals surface area contributed by atoms with Crippen LogP contribution in [-0.4, -0.2) is 41.7 Å². The number of fused-ring (bicyclic) bond motifs is 1. The number of carbonyl (C=O) groups is 1. The molecule has 10 nitrogen and oxygen atoms in total. The van der Waals surface area contributed by atoms with Gasteiger partial charge in [0.25, 0.3) is 5.69 Å². The van der Waals surface area contributed by atoms with Crippen LogP contribution in [0.15, 0.2) is 52.2 Å². The highest BCUT2D eigenvalue weighted by atomic mass is 32.2. The number of aryl methyl sites for hydroxylation is 1. The summed E-state index contributed by atoms with van der Waals surface area (Å²) in [6.45, 7) is 0.287. The van der Waals surface area contributed by atoms with Gasteiger partial charge in [-0.15, -0.1) is 0 Å². The van der Waals surface area contributed by atoms with Crippen molar-refractivity contribution in [3.8, 4) is 0 Å². The number of para-hydroxylation sites is 2. The quantitative estimate of drug-likeness (QED) is 0.267. The Kier molecular flexibility index (Phi) is 5.50. The number of hydrogen-bond acceptors (Lipinski definition) is 7. The number of aromatic nitrogens is 2. The molecule has 0 unspecified atom stereocenters. The number of H-pyrrole nitrogens is 1. The first-order chi connectivity index (χ1) is 13.7. The maximum atomic E-state index is 12.2. The summed E-state index contributed by atoms with van der Waals surface area (Å²) in [5.41, 5.74) is 0.341. The van der Waals surface area contributed by atoms with Crippen LogP contribution >= 0.6 is 0 Å². The second kappa shape index (κ2) is 7.87. The Morgan fingerprint density at radius 1 is 1.24 bits per heavy atom. The van der Waals surface area contributed by atoms with Gasteiger partial charge in [0.2, 0.25) is 0 Å². The number of sulfone groups is 1. The normalized spacial score (nSPS) is 11.5. The second-order valence-corrected chi connectivity index (χ2v) is 8.28. The van der Waals surface area contributed by atoms with Gasteiger partial charge >= 0.3 is 11.7 Å². The molecule has 0 amide bonds. The van der Waals surface area contributed by atoms with Crippen LogP contribution in [0.2, 0.25) is 0 Å². The number of imidazole rings is 1. The summed E-state index contributed by atoms with van der Waals surface area (Å²) in [4.78, 5) is 36.7. The predicted octanol–water partition coefficient (Wildman–Crippen LogP) is 1.89. The van der Waals surface area contributed by atoms with E-state index in [9.17, 15) is 28.1 Å². The van der Waals surface area contributed by atoms with Crippen LogP contribution < -0.4 is 5.69 Å². The summed E-state index contributed by atoms with van der Waals surface area (Å²) in [5, 5.41) is 11.1. The van der Waals surface area contributed by atoms with Crippen molar-refractivity contribution in [3.63, 3.8) is 0 Å². The topological polar surface area (TPSA) is 141 Å². The van der Waals surface area contributed by atoms with Crippen molar-refractivity contribution >= 4 is 32.5 Å². The third kappa shape index (κ3) is 4.35. The SMILES string of the molecule is CS(=O)(=O)c1ccc(C(=O)OCCCn2c(=O)[nH]c3ccccc32)cc1[N+](=O)[O-]. The van der Waals surface area contributed by atoms with E-state index in [4.69, 9.17) is 4.74 Å². The fourth-order valence-corrected chi connectivity index (χ4v) is 3.73. The molecule has 0 aliphatic rings. The molecule has 3 rings (SSSR count). The van der Waals surface area contributed by atoms with Gasteiger partial charge in [0.15, 0.2) is 9.84 Å². The molecule has 1 N–H and O–H groups in total. The molecule has 0 saturated heterocycles. The fourth-order valence-electron chi connectivity index (χ4n) is 2.90. The molecule has 2 aromatic carbocycles. The number of nitro benzene ring substituents is 1. The molecule has 152 valence electrons. The van der Waals surface area contributed by atoms with E-state index in [0.29, 0.717) is 18.5 Å². The molecular weight excluding hydrogens is 402 g/mol. The number of nitrogens with zero attached hydrogens (tertiary/aromatic N) is 2. The van der Waals surface area contributed by atoms with Gasteiger partial charge in [-0.3, -0.25) is 14.7 Å². The van der Waals surface area contributed by atoms with Crippen molar-refractivity contribution < 1.29 is 22.9 Å². The Hall–Kier alpha value is -3.47. The average molecular weight is 419 g/mol. The first-order valence-electron chi connectivity index (χ1n) is 8.51. The summed E-state index contributed by atoms with van der Waals surface area (Å²) in [7, 11) is -3.82. The molecular formula is C18H17N3O7S. The van der Waals surface area contributed by atoms with Gasteiger partial charge in [-0.1, -0.05) is 12.1 Å². The largest absolute Gasteiger partial charge is 0.462 e. The highest BCUT2D eigenvalue weighted by Crippen LogP contribution is 2.25. The van der Waals surface area contributed by atoms with E-state index in [-0.39, 0.29) is 17.9 Å². The van der Waals surface area contributed by atoms with Crippen molar-refractivity contribution in [1.82, 2.24) is 9.55 Å². The molecule has 1 heterocycles. The Morgan fingerprint density at radius 3 is 2.66 bits per heavy atom. The minimum atomic E-state index is -3.82. The van der Waals surface area contributed by atoms with Crippen molar-refractivity contribution in [2.24, 2.45) is 0 Å². The van der Waals surface area contributed by atoms with Crippen LogP contribution in [0.1, 0.15) is 16.8 Å². The number of hydrogen-bond donors (Lipinski definition) is 1. The van der Waals surface area contributed by atoms with Crippen LogP contribution in [0.3, 0.4) is 0 Å². The van der Waals surface area contributed by atoms with Gasteiger partial charge < -0.3 is 9.72 Å². The van der Waals surface area contributed by atoms with Gasteiger partial charge in [-0.05, 0) is 30.7 Å². The highest BCUT2D eigenvalue weighted by Gasteiger charge is 2.24. The minimum Gasteiger partial charge on any atom is -0.462 e. The van der Waals surface area contributed by atoms with Gasteiger partial charge in [-0.25, -0.2) is 18.0 Å². The number of ether oxygens (including phenoxy) is 1. The smallest absolute Gasteiger partial charge is 0.338 e. The number of carbonyl (C=O) groups excluding carboxylic acids is 1. The van der Waals surface area contributed by atoms with Gasteiger partial charge in [-0.2, -0.15) is 0 Å². The van der Waals surface area contributed by atoms with E-state index in [2.05, 4.69) is 4.98 Å². The van der Waals surface area contributed by atoms with Crippen LogP contribution in [0.4, 0.5) is 5.69 Å². The number of nitrogens with one attached hydrogen (secondary N) is 1. The number of aromatic amines is 1. The van der Waals surface area contributed by atoms with Crippen molar-refractivity contribution in [3.05, 3.63) is 68.6 Å². The Bertz CT molecular complexity index is 1260. The third-order valence-corrected chi connectivity index (χ3v) is 5.38. The summed E-state index contributed by atoms with van der Waals surface area (Å²) >= 11 is 0. The second-order valence-electron chi connectivity index (χ2n) is 6.30. The maximum Gasteiger partial charge on any atom is 0.338 e. The first kappa shape index (κ1) is 20.3. The van der Waals surface area contributed by atoms with Crippen LogP contribution in [0.25, 0.3) is 11.0 Å². The fraction of sp³-hybridized carbons (Fsp3) is 0.222. The number of nitro groups is 1. The number of rotatable bonds is 7. The van der Waals surface area contributed by atoms with Gasteiger partial charge in [0, 0.05) is 18.9 Å². The molecule has 0 aliphatic carbocycles. The molecule has 29 heavy (non-hydrogen) atoms. The summed E-state index contributed by atoms with van der Waals surface area (Å²) in [6.07, 6.45) is 1.19. The zero-order valence-corrected chi connectivity index (χ0v) is 16.1. The lowest BCUT2D eigenvalue weighted by Crippen LogP contribution is -2.18. The van der Waals surface area contributed by atoms with E-state index in [0.717, 1.165) is 30.0 Å². The summed E-state index contributed by atoms with van der Waals surface area (Å²) in [5.74, 6) is -0.820. The molecule has 0 bridgehead atoms. The van der Waals surface area contributed by atoms with E-state index in [1.807, 2.05) is 0 Å². The molecule has 0 aliphatic heterocycles. The molecule has 0 saturated carbocycles. The van der Waals surface area contributed by atoms with E-state index in [1.165, 1.54) is 4.57 Å². The zero-order chi connectivity index (χ0) is 21.2. The minimum absolute atomic E-state index is 0.0214. The van der Waals surface area contributed by atoms with Crippen LogP contribution in [0, 0.1) is 10.1 Å². The Labute approximate surface area is 164 Å². The zero-order valence-electron chi connectivity index (χ0n) is 15.3. The van der Waals surface area contributed by atoms with Gasteiger partial charge in [0.05, 0.1) is 28.1 Å². The molecule has 0 spiro atoms. The average Bonchev–Trinajstić information content (AvgIpc) is 2.99. The van der Waals surface area contributed by atoms with Crippen LogP contribution in [0.5, 0.6) is 0 Å². The lowest BCUT2D eigenvalue weighted by molar-refractivity contribution is -0.387. The van der Waals surface area contributed by atoms with Crippen molar-refractivity contribution in [1.29, 1.82) is 0 Å². The number of benzene rings is 2. The van der Waals surface area contributed by atoms with Crippen molar-refractivity contribution in [2.45, 2.75) is 17.9 Å². The lowest BCUT2D eigenvalue weighted by Gasteiger charge is -2.07. The molecule has 0 radical (unpaired) electrons. The Balaban J connectivity index is 1.67. The lowest BCUT2D eigenvalue weighted by atomic mass is 10.2. The van der Waals surface area contributed by atoms with E-state index in [1.54, 1.807) is 24.3 Å². The van der Waals surface area contributed by atoms with E-state index < -0.39 is 31.3 Å². The van der Waals surface area contributed by atoms with Gasteiger partial charge in [0.1, 0.15) is 4.90 Å².